The molecule has 110 valence electrons. The summed E-state index contributed by atoms with van der Waals surface area (Å²) in [5.74, 6) is -6.98. The Labute approximate surface area is 110 Å². The summed E-state index contributed by atoms with van der Waals surface area (Å²) in [5.41, 5.74) is 4.14. The van der Waals surface area contributed by atoms with Crippen molar-refractivity contribution >= 4 is 12.4 Å². The zero-order valence-electron chi connectivity index (χ0n) is 9.47. The summed E-state index contributed by atoms with van der Waals surface area (Å²) in [5, 5.41) is 0. The number of halogens is 7. The van der Waals surface area contributed by atoms with Gasteiger partial charge in [0.15, 0.2) is 11.6 Å². The van der Waals surface area contributed by atoms with Crippen molar-refractivity contribution in [3.05, 3.63) is 29.6 Å². The average molecular weight is 310 g/mol. The molecule has 1 aromatic carbocycles. The van der Waals surface area contributed by atoms with Gasteiger partial charge < -0.3 is 10.5 Å². The first kappa shape index (κ1) is 17.8. The van der Waals surface area contributed by atoms with Gasteiger partial charge in [0.1, 0.15) is 6.04 Å². The number of methoxy groups -OCH3 is 1. The SMILES string of the molecule is COc1c(F)cccc1[C@@H](N)C(F)(F)C(F)(F)F.Cl. The third-order valence-corrected chi connectivity index (χ3v) is 2.31. The van der Waals surface area contributed by atoms with Gasteiger partial charge in [0.25, 0.3) is 0 Å². The summed E-state index contributed by atoms with van der Waals surface area (Å²) in [6.45, 7) is 0. The van der Waals surface area contributed by atoms with Crippen LogP contribution in [0.5, 0.6) is 5.75 Å². The van der Waals surface area contributed by atoms with Crippen LogP contribution >= 0.6 is 12.4 Å². The Morgan fingerprint density at radius 2 is 1.68 bits per heavy atom. The lowest BCUT2D eigenvalue weighted by molar-refractivity contribution is -0.291. The molecule has 0 fully saturated rings. The standard InChI is InChI=1S/C10H9F6NO.ClH/c1-18-7-5(3-2-4-6(7)11)8(17)9(12,13)10(14,15)16;/h2-4,8H,17H2,1H3;1H/t8-;/m1./s1. The van der Waals surface area contributed by atoms with Crippen molar-refractivity contribution in [1.82, 2.24) is 0 Å². The van der Waals surface area contributed by atoms with Crippen LogP contribution in [0, 0.1) is 5.82 Å². The van der Waals surface area contributed by atoms with Crippen LogP contribution in [0.3, 0.4) is 0 Å². The second kappa shape index (κ2) is 5.87. The van der Waals surface area contributed by atoms with E-state index in [1.807, 2.05) is 0 Å². The predicted molar refractivity (Wildman–Crippen MR) is 58.1 cm³/mol. The molecule has 2 N–H and O–H groups in total. The number of nitrogens with two attached hydrogens (primary N) is 1. The number of benzene rings is 1. The highest BCUT2D eigenvalue weighted by Gasteiger charge is 2.62. The molecule has 0 aliphatic rings. The van der Waals surface area contributed by atoms with Crippen molar-refractivity contribution in [2.24, 2.45) is 5.73 Å². The van der Waals surface area contributed by atoms with E-state index < -0.39 is 35.3 Å². The maximum Gasteiger partial charge on any atom is 0.455 e. The summed E-state index contributed by atoms with van der Waals surface area (Å²) < 4.78 is 80.1. The van der Waals surface area contributed by atoms with E-state index in [9.17, 15) is 26.3 Å². The molecule has 19 heavy (non-hydrogen) atoms. The molecule has 0 amide bonds. The van der Waals surface area contributed by atoms with Crippen LogP contribution in [-0.2, 0) is 0 Å². The number of hydrogen-bond donors (Lipinski definition) is 1. The Bertz CT molecular complexity index is 437. The van der Waals surface area contributed by atoms with Crippen LogP contribution in [0.15, 0.2) is 18.2 Å². The maximum atomic E-state index is 13.2. The highest BCUT2D eigenvalue weighted by atomic mass is 35.5. The number of rotatable bonds is 3. The molecule has 1 atom stereocenters. The van der Waals surface area contributed by atoms with E-state index in [1.165, 1.54) is 0 Å². The molecular formula is C10H10ClF6NO. The molecule has 0 saturated heterocycles. The zero-order chi connectivity index (χ0) is 14.1. The Hall–Kier alpha value is -1.15. The fourth-order valence-electron chi connectivity index (χ4n) is 1.36. The summed E-state index contributed by atoms with van der Waals surface area (Å²) in [6, 6.07) is -0.0601. The van der Waals surface area contributed by atoms with Gasteiger partial charge in [0, 0.05) is 5.56 Å². The molecule has 0 saturated carbocycles. The molecule has 0 aromatic heterocycles. The van der Waals surface area contributed by atoms with Gasteiger partial charge in [-0.05, 0) is 6.07 Å². The van der Waals surface area contributed by atoms with Gasteiger partial charge in [0.05, 0.1) is 7.11 Å². The zero-order valence-corrected chi connectivity index (χ0v) is 10.3. The molecule has 9 heteroatoms. The summed E-state index contributed by atoms with van der Waals surface area (Å²) in [7, 11) is 0.945. The second-order valence-electron chi connectivity index (χ2n) is 3.46. The van der Waals surface area contributed by atoms with Crippen molar-refractivity contribution in [3.63, 3.8) is 0 Å². The van der Waals surface area contributed by atoms with E-state index in [2.05, 4.69) is 4.74 Å². The van der Waals surface area contributed by atoms with Crippen LogP contribution in [0.1, 0.15) is 11.6 Å². The van der Waals surface area contributed by atoms with Crippen LogP contribution in [-0.4, -0.2) is 19.2 Å². The number of ether oxygens (including phenoxy) is 1. The third kappa shape index (κ3) is 3.24. The highest BCUT2D eigenvalue weighted by molar-refractivity contribution is 5.85. The lowest BCUT2D eigenvalue weighted by Gasteiger charge is -2.26. The maximum absolute atomic E-state index is 13.2. The topological polar surface area (TPSA) is 35.2 Å². The summed E-state index contributed by atoms with van der Waals surface area (Å²) in [4.78, 5) is 0. The van der Waals surface area contributed by atoms with Crippen LogP contribution in [0.2, 0.25) is 0 Å². The molecule has 0 aliphatic carbocycles. The van der Waals surface area contributed by atoms with Crippen LogP contribution in [0.25, 0.3) is 0 Å². The Morgan fingerprint density at radius 1 is 1.16 bits per heavy atom. The molecule has 0 bridgehead atoms. The molecule has 1 rings (SSSR count). The van der Waals surface area contributed by atoms with Crippen LogP contribution < -0.4 is 10.5 Å². The Balaban J connectivity index is 0.00000324. The number of alkyl halides is 5. The second-order valence-corrected chi connectivity index (χ2v) is 3.46. The van der Waals surface area contributed by atoms with Gasteiger partial charge in [0.2, 0.25) is 0 Å². The average Bonchev–Trinajstić information content (AvgIpc) is 2.26. The van der Waals surface area contributed by atoms with Crippen molar-refractivity contribution < 1.29 is 31.1 Å². The summed E-state index contributed by atoms with van der Waals surface area (Å²) in [6.07, 6.45) is -5.83. The minimum absolute atomic E-state index is 0. The van der Waals surface area contributed by atoms with E-state index in [4.69, 9.17) is 5.73 Å². The molecule has 0 radical (unpaired) electrons. The van der Waals surface area contributed by atoms with E-state index >= 15 is 0 Å². The molecule has 0 spiro atoms. The Morgan fingerprint density at radius 3 is 2.11 bits per heavy atom. The highest BCUT2D eigenvalue weighted by Crippen LogP contribution is 2.45. The van der Waals surface area contributed by atoms with Crippen molar-refractivity contribution in [2.75, 3.05) is 7.11 Å². The van der Waals surface area contributed by atoms with Crippen molar-refractivity contribution in [1.29, 1.82) is 0 Å². The molecule has 1 aromatic rings. The van der Waals surface area contributed by atoms with Gasteiger partial charge in [-0.25, -0.2) is 4.39 Å². The van der Waals surface area contributed by atoms with Crippen molar-refractivity contribution in [3.8, 4) is 5.75 Å². The molecule has 2 nitrogen and oxygen atoms in total. The van der Waals surface area contributed by atoms with Gasteiger partial charge in [-0.1, -0.05) is 12.1 Å². The van der Waals surface area contributed by atoms with E-state index in [0.29, 0.717) is 0 Å². The first-order valence-electron chi connectivity index (χ1n) is 4.65. The van der Waals surface area contributed by atoms with Crippen LogP contribution in [0.4, 0.5) is 26.3 Å². The fourth-order valence-corrected chi connectivity index (χ4v) is 1.36. The van der Waals surface area contributed by atoms with Gasteiger partial charge in [-0.2, -0.15) is 22.0 Å². The lowest BCUT2D eigenvalue weighted by Crippen LogP contribution is -2.46. The predicted octanol–water partition coefficient (Wildman–Crippen LogP) is 3.45. The lowest BCUT2D eigenvalue weighted by atomic mass is 10.00. The van der Waals surface area contributed by atoms with Gasteiger partial charge in [-0.15, -0.1) is 12.4 Å². The smallest absolute Gasteiger partial charge is 0.455 e. The van der Waals surface area contributed by atoms with Gasteiger partial charge in [-0.3, -0.25) is 0 Å². The largest absolute Gasteiger partial charge is 0.493 e. The molecule has 0 heterocycles. The number of hydrogen-bond acceptors (Lipinski definition) is 2. The van der Waals surface area contributed by atoms with E-state index in [0.717, 1.165) is 25.3 Å². The summed E-state index contributed by atoms with van der Waals surface area (Å²) >= 11 is 0. The Kier molecular flexibility index (Phi) is 5.52. The van der Waals surface area contributed by atoms with E-state index in [-0.39, 0.29) is 12.4 Å². The molecule has 0 unspecified atom stereocenters. The van der Waals surface area contributed by atoms with Gasteiger partial charge >= 0.3 is 12.1 Å². The monoisotopic (exact) mass is 309 g/mol. The first-order chi connectivity index (χ1) is 8.13. The van der Waals surface area contributed by atoms with E-state index in [1.54, 1.807) is 0 Å². The molecular weight excluding hydrogens is 300 g/mol. The van der Waals surface area contributed by atoms with Crippen molar-refractivity contribution in [2.45, 2.75) is 18.1 Å². The minimum atomic E-state index is -5.83. The molecule has 0 aliphatic heterocycles. The third-order valence-electron chi connectivity index (χ3n) is 2.31. The minimum Gasteiger partial charge on any atom is -0.493 e. The normalized spacial score (nSPS) is 13.7. The number of para-hydroxylation sites is 1. The fraction of sp³-hybridized carbons (Fsp3) is 0.400. The quantitative estimate of drug-likeness (QED) is 0.868. The first-order valence-corrected chi connectivity index (χ1v) is 4.65.